The molecule has 2 aromatic carbocycles. The van der Waals surface area contributed by atoms with E-state index in [1.165, 1.54) is 11.8 Å². The Kier molecular flexibility index (Phi) is 5.58. The summed E-state index contributed by atoms with van der Waals surface area (Å²) < 4.78 is 7.08. The fraction of sp³-hybridized carbons (Fsp3) is 0.211. The Morgan fingerprint density at radius 3 is 2.85 bits per heavy atom. The van der Waals surface area contributed by atoms with Gasteiger partial charge in [0.15, 0.2) is 5.16 Å². The summed E-state index contributed by atoms with van der Waals surface area (Å²) in [5.74, 6) is 0.916. The van der Waals surface area contributed by atoms with E-state index in [1.54, 1.807) is 13.4 Å². The second-order valence-electron chi connectivity index (χ2n) is 5.77. The van der Waals surface area contributed by atoms with E-state index in [4.69, 9.17) is 4.74 Å². The van der Waals surface area contributed by atoms with Gasteiger partial charge in [-0.15, -0.1) is 10.2 Å². The van der Waals surface area contributed by atoms with Gasteiger partial charge >= 0.3 is 0 Å². The zero-order valence-electron chi connectivity index (χ0n) is 14.9. The van der Waals surface area contributed by atoms with Crippen LogP contribution in [0.15, 0.2) is 53.9 Å². The second-order valence-corrected chi connectivity index (χ2v) is 6.71. The number of hydrogen-bond donors (Lipinski definition) is 1. The van der Waals surface area contributed by atoms with Crippen LogP contribution in [0, 0.1) is 13.8 Å². The molecule has 0 aliphatic heterocycles. The molecule has 0 bridgehead atoms. The lowest BCUT2D eigenvalue weighted by Gasteiger charge is -2.10. The highest BCUT2D eigenvalue weighted by molar-refractivity contribution is 7.99. The highest BCUT2D eigenvalue weighted by Gasteiger charge is 2.12. The van der Waals surface area contributed by atoms with Crippen LogP contribution in [0.1, 0.15) is 11.1 Å². The van der Waals surface area contributed by atoms with Gasteiger partial charge in [0.05, 0.1) is 18.6 Å². The first-order chi connectivity index (χ1) is 12.6. The number of amides is 1. The first-order valence-corrected chi connectivity index (χ1v) is 9.10. The molecule has 1 N–H and O–H groups in total. The van der Waals surface area contributed by atoms with E-state index in [9.17, 15) is 4.79 Å². The molecule has 0 fully saturated rings. The number of methoxy groups -OCH3 is 1. The zero-order chi connectivity index (χ0) is 18.5. The van der Waals surface area contributed by atoms with E-state index >= 15 is 0 Å². The summed E-state index contributed by atoms with van der Waals surface area (Å²) in [6.07, 6.45) is 1.62. The molecule has 1 heterocycles. The average Bonchev–Trinajstić information content (AvgIpc) is 3.12. The molecule has 0 unspecified atom stereocenters. The fourth-order valence-corrected chi connectivity index (χ4v) is 3.19. The van der Waals surface area contributed by atoms with Crippen molar-refractivity contribution in [1.82, 2.24) is 14.8 Å². The van der Waals surface area contributed by atoms with Gasteiger partial charge in [0, 0.05) is 11.8 Å². The topological polar surface area (TPSA) is 69.0 Å². The van der Waals surface area contributed by atoms with Crippen molar-refractivity contribution in [1.29, 1.82) is 0 Å². The van der Waals surface area contributed by atoms with E-state index < -0.39 is 0 Å². The quantitative estimate of drug-likeness (QED) is 0.673. The molecule has 0 spiro atoms. The summed E-state index contributed by atoms with van der Waals surface area (Å²) in [6, 6.07) is 13.5. The van der Waals surface area contributed by atoms with Gasteiger partial charge < -0.3 is 10.1 Å². The molecule has 0 atom stereocenters. The minimum Gasteiger partial charge on any atom is -0.497 e. The van der Waals surface area contributed by atoms with Crippen LogP contribution in [-0.2, 0) is 4.79 Å². The lowest BCUT2D eigenvalue weighted by molar-refractivity contribution is -0.113. The molecule has 6 nitrogen and oxygen atoms in total. The maximum Gasteiger partial charge on any atom is 0.234 e. The molecule has 0 radical (unpaired) electrons. The molecule has 0 saturated carbocycles. The van der Waals surface area contributed by atoms with Crippen LogP contribution in [0.3, 0.4) is 0 Å². The van der Waals surface area contributed by atoms with Crippen molar-refractivity contribution in [3.63, 3.8) is 0 Å². The minimum absolute atomic E-state index is 0.0797. The molecular formula is C19H20N4O2S. The van der Waals surface area contributed by atoms with Crippen LogP contribution >= 0.6 is 11.8 Å². The van der Waals surface area contributed by atoms with Gasteiger partial charge in [-0.3, -0.25) is 9.36 Å². The number of benzene rings is 2. The smallest absolute Gasteiger partial charge is 0.234 e. The molecular weight excluding hydrogens is 348 g/mol. The summed E-state index contributed by atoms with van der Waals surface area (Å²) in [7, 11) is 1.62. The summed E-state index contributed by atoms with van der Waals surface area (Å²) in [6.45, 7) is 4.02. The largest absolute Gasteiger partial charge is 0.497 e. The number of rotatable bonds is 6. The number of thioether (sulfide) groups is 1. The molecule has 1 amide bonds. The number of hydrogen-bond acceptors (Lipinski definition) is 5. The Labute approximate surface area is 156 Å². The SMILES string of the molecule is COc1cccc(-n2cnnc2SCC(=O)Nc2cccc(C)c2C)c1. The number of carbonyl (C=O) groups excluding carboxylic acids is 1. The highest BCUT2D eigenvalue weighted by Crippen LogP contribution is 2.23. The van der Waals surface area contributed by atoms with Gasteiger partial charge in [-0.25, -0.2) is 0 Å². The molecule has 3 aromatic rings. The Morgan fingerprint density at radius 2 is 2.04 bits per heavy atom. The molecule has 1 aromatic heterocycles. The van der Waals surface area contributed by atoms with Crippen LogP contribution in [-0.4, -0.2) is 33.5 Å². The Hall–Kier alpha value is -2.80. The van der Waals surface area contributed by atoms with Crippen molar-refractivity contribution in [2.24, 2.45) is 0 Å². The van der Waals surface area contributed by atoms with Gasteiger partial charge in [0.2, 0.25) is 5.91 Å². The van der Waals surface area contributed by atoms with Gasteiger partial charge in [0.1, 0.15) is 12.1 Å². The van der Waals surface area contributed by atoms with Gasteiger partial charge in [-0.1, -0.05) is 30.0 Å². The fourth-order valence-electron chi connectivity index (χ4n) is 2.46. The average molecular weight is 368 g/mol. The number of nitrogens with zero attached hydrogens (tertiary/aromatic N) is 3. The lowest BCUT2D eigenvalue weighted by atomic mass is 10.1. The third-order valence-corrected chi connectivity index (χ3v) is 5.00. The summed E-state index contributed by atoms with van der Waals surface area (Å²) in [5.41, 5.74) is 3.94. The summed E-state index contributed by atoms with van der Waals surface area (Å²) >= 11 is 1.34. The maximum atomic E-state index is 12.3. The van der Waals surface area contributed by atoms with Gasteiger partial charge in [0.25, 0.3) is 0 Å². The molecule has 7 heteroatoms. The van der Waals surface area contributed by atoms with Crippen LogP contribution in [0.4, 0.5) is 5.69 Å². The van der Waals surface area contributed by atoms with Crippen LogP contribution in [0.5, 0.6) is 5.75 Å². The van der Waals surface area contributed by atoms with Crippen molar-refractivity contribution in [2.75, 3.05) is 18.2 Å². The highest BCUT2D eigenvalue weighted by atomic mass is 32.2. The number of carbonyl (C=O) groups is 1. The molecule has 0 saturated heterocycles. The van der Waals surface area contributed by atoms with E-state index in [1.807, 2.05) is 60.9 Å². The third-order valence-electron chi connectivity index (χ3n) is 4.06. The van der Waals surface area contributed by atoms with Crippen LogP contribution in [0.2, 0.25) is 0 Å². The van der Waals surface area contributed by atoms with Crippen molar-refractivity contribution >= 4 is 23.4 Å². The van der Waals surface area contributed by atoms with Crippen molar-refractivity contribution < 1.29 is 9.53 Å². The van der Waals surface area contributed by atoms with E-state index in [0.717, 1.165) is 28.3 Å². The predicted octanol–water partition coefficient (Wildman–Crippen LogP) is 3.62. The second kappa shape index (κ2) is 8.05. The number of nitrogens with one attached hydrogen (secondary N) is 1. The standard InChI is InChI=1S/C19H20N4O2S/c1-13-6-4-9-17(14(13)2)21-18(24)11-26-19-22-20-12-23(19)15-7-5-8-16(10-15)25-3/h4-10,12H,11H2,1-3H3,(H,21,24). The molecule has 26 heavy (non-hydrogen) atoms. The monoisotopic (exact) mass is 368 g/mol. The maximum absolute atomic E-state index is 12.3. The van der Waals surface area contributed by atoms with Crippen molar-refractivity contribution in [3.05, 3.63) is 59.9 Å². The number of anilines is 1. The normalized spacial score (nSPS) is 10.6. The van der Waals surface area contributed by atoms with Crippen LogP contribution in [0.25, 0.3) is 5.69 Å². The minimum atomic E-state index is -0.0797. The first kappa shape index (κ1) is 18.0. The zero-order valence-corrected chi connectivity index (χ0v) is 15.7. The summed E-state index contributed by atoms with van der Waals surface area (Å²) in [5, 5.41) is 11.7. The van der Waals surface area contributed by atoms with Crippen molar-refractivity contribution in [2.45, 2.75) is 19.0 Å². The molecule has 0 aliphatic rings. The molecule has 134 valence electrons. The molecule has 3 rings (SSSR count). The Morgan fingerprint density at radius 1 is 1.23 bits per heavy atom. The lowest BCUT2D eigenvalue weighted by Crippen LogP contribution is -2.15. The van der Waals surface area contributed by atoms with E-state index in [2.05, 4.69) is 15.5 Å². The Bertz CT molecular complexity index is 923. The third kappa shape index (κ3) is 4.05. The first-order valence-electron chi connectivity index (χ1n) is 8.12. The van der Waals surface area contributed by atoms with Gasteiger partial charge in [-0.05, 0) is 43.2 Å². The van der Waals surface area contributed by atoms with E-state index in [0.29, 0.717) is 5.16 Å². The molecule has 0 aliphatic carbocycles. The summed E-state index contributed by atoms with van der Waals surface area (Å²) in [4.78, 5) is 12.3. The Balaban J connectivity index is 1.68. The number of ether oxygens (including phenoxy) is 1. The number of aryl methyl sites for hydroxylation is 1. The van der Waals surface area contributed by atoms with Gasteiger partial charge in [-0.2, -0.15) is 0 Å². The van der Waals surface area contributed by atoms with E-state index in [-0.39, 0.29) is 11.7 Å². The van der Waals surface area contributed by atoms with Crippen molar-refractivity contribution in [3.8, 4) is 11.4 Å². The predicted molar refractivity (Wildman–Crippen MR) is 103 cm³/mol. The number of aromatic nitrogens is 3. The van der Waals surface area contributed by atoms with Crippen LogP contribution < -0.4 is 10.1 Å².